The number of furan rings is 1. The van der Waals surface area contributed by atoms with Gasteiger partial charge in [0.25, 0.3) is 5.91 Å². The molecule has 0 aliphatic heterocycles. The Morgan fingerprint density at radius 1 is 0.774 bits per heavy atom. The maximum atomic E-state index is 12.5. The molecule has 1 aromatic heterocycles. The van der Waals surface area contributed by atoms with Crippen molar-refractivity contribution in [2.75, 3.05) is 6.61 Å². The zero-order chi connectivity index (χ0) is 21.5. The number of hydrogen-bond acceptors (Lipinski definition) is 4. The van der Waals surface area contributed by atoms with Crippen molar-refractivity contribution in [3.63, 3.8) is 0 Å². The van der Waals surface area contributed by atoms with Crippen LogP contribution in [0.3, 0.4) is 0 Å². The zero-order valence-electron chi connectivity index (χ0n) is 16.7. The van der Waals surface area contributed by atoms with Crippen molar-refractivity contribution in [3.05, 3.63) is 126 Å². The first kappa shape index (κ1) is 20.2. The Morgan fingerprint density at radius 2 is 1.42 bits per heavy atom. The highest BCUT2D eigenvalue weighted by molar-refractivity contribution is 6.08. The van der Waals surface area contributed by atoms with E-state index in [1.165, 1.54) is 0 Å². The van der Waals surface area contributed by atoms with Crippen LogP contribution in [0.5, 0.6) is 5.75 Å². The third-order valence-electron chi connectivity index (χ3n) is 4.79. The fraction of sp³-hybridized carbons (Fsp3) is 0.0769. The molecule has 0 aliphatic carbocycles. The maximum absolute atomic E-state index is 12.5. The van der Waals surface area contributed by atoms with Gasteiger partial charge in [0, 0.05) is 11.1 Å². The lowest BCUT2D eigenvalue weighted by Crippen LogP contribution is -2.33. The summed E-state index contributed by atoms with van der Waals surface area (Å²) in [5, 5.41) is 2.95. The molecule has 0 unspecified atom stereocenters. The number of ether oxygens (including phenoxy) is 1. The van der Waals surface area contributed by atoms with Crippen LogP contribution in [-0.2, 0) is 4.79 Å². The van der Waals surface area contributed by atoms with E-state index in [9.17, 15) is 9.59 Å². The maximum Gasteiger partial charge on any atom is 0.258 e. The zero-order valence-corrected chi connectivity index (χ0v) is 16.7. The summed E-state index contributed by atoms with van der Waals surface area (Å²) in [5.41, 5.74) is 2.10. The molecule has 1 N–H and O–H groups in total. The van der Waals surface area contributed by atoms with E-state index in [2.05, 4.69) is 5.32 Å². The van der Waals surface area contributed by atoms with E-state index in [0.29, 0.717) is 22.6 Å². The van der Waals surface area contributed by atoms with E-state index in [1.54, 1.807) is 48.7 Å². The predicted molar refractivity (Wildman–Crippen MR) is 117 cm³/mol. The third kappa shape index (κ3) is 5.08. The van der Waals surface area contributed by atoms with Gasteiger partial charge in [-0.1, -0.05) is 60.7 Å². The first-order chi connectivity index (χ1) is 15.2. The highest BCUT2D eigenvalue weighted by Gasteiger charge is 2.19. The second-order valence-electron chi connectivity index (χ2n) is 6.93. The van der Waals surface area contributed by atoms with E-state index in [-0.39, 0.29) is 18.3 Å². The number of carbonyl (C=O) groups excluding carboxylic acids is 2. The average molecular weight is 411 g/mol. The van der Waals surface area contributed by atoms with Crippen molar-refractivity contribution >= 4 is 11.7 Å². The highest BCUT2D eigenvalue weighted by Crippen LogP contribution is 2.22. The Balaban J connectivity index is 1.37. The van der Waals surface area contributed by atoms with E-state index >= 15 is 0 Å². The molecule has 154 valence electrons. The van der Waals surface area contributed by atoms with E-state index in [1.807, 2.05) is 54.6 Å². The van der Waals surface area contributed by atoms with Crippen LogP contribution in [0.4, 0.5) is 0 Å². The van der Waals surface area contributed by atoms with Gasteiger partial charge in [0.2, 0.25) is 0 Å². The number of hydrogen-bond donors (Lipinski definition) is 1. The van der Waals surface area contributed by atoms with Gasteiger partial charge in [-0.3, -0.25) is 9.59 Å². The molecule has 3 aromatic carbocycles. The predicted octanol–water partition coefficient (Wildman–Crippen LogP) is 4.80. The Labute approximate surface area is 180 Å². The summed E-state index contributed by atoms with van der Waals surface area (Å²) in [5.74, 6) is 0.807. The lowest BCUT2D eigenvalue weighted by molar-refractivity contribution is -0.123. The van der Waals surface area contributed by atoms with Crippen LogP contribution in [0.25, 0.3) is 0 Å². The number of carbonyl (C=O) groups is 2. The first-order valence-electron chi connectivity index (χ1n) is 9.91. The van der Waals surface area contributed by atoms with Gasteiger partial charge in [-0.2, -0.15) is 0 Å². The molecule has 5 heteroatoms. The van der Waals surface area contributed by atoms with Crippen molar-refractivity contribution in [2.45, 2.75) is 6.04 Å². The Kier molecular flexibility index (Phi) is 6.24. The second-order valence-corrected chi connectivity index (χ2v) is 6.93. The van der Waals surface area contributed by atoms with Crippen LogP contribution in [0.15, 0.2) is 108 Å². The molecule has 5 nitrogen and oxygen atoms in total. The van der Waals surface area contributed by atoms with Gasteiger partial charge >= 0.3 is 0 Å². The quantitative estimate of drug-likeness (QED) is 0.423. The molecular weight excluding hydrogens is 390 g/mol. The minimum atomic E-state index is -0.404. The average Bonchev–Trinajstić information content (AvgIpc) is 3.37. The summed E-state index contributed by atoms with van der Waals surface area (Å²) < 4.78 is 11.1. The molecule has 4 aromatic rings. The van der Waals surface area contributed by atoms with Crippen LogP contribution in [0.1, 0.15) is 33.3 Å². The molecular formula is C26H21NO4. The van der Waals surface area contributed by atoms with Gasteiger partial charge in [0.15, 0.2) is 12.4 Å². The topological polar surface area (TPSA) is 68.5 Å². The van der Waals surface area contributed by atoms with Crippen LogP contribution in [0.2, 0.25) is 0 Å². The molecule has 1 amide bonds. The fourth-order valence-corrected chi connectivity index (χ4v) is 3.23. The molecule has 0 spiro atoms. The molecule has 0 bridgehead atoms. The monoisotopic (exact) mass is 411 g/mol. The van der Waals surface area contributed by atoms with Gasteiger partial charge in [0.1, 0.15) is 17.6 Å². The lowest BCUT2D eigenvalue weighted by atomic mass is 10.0. The Bertz CT molecular complexity index is 1120. The van der Waals surface area contributed by atoms with Gasteiger partial charge in [-0.05, 0) is 42.0 Å². The molecule has 1 heterocycles. The van der Waals surface area contributed by atoms with Crippen molar-refractivity contribution in [1.82, 2.24) is 5.32 Å². The smallest absolute Gasteiger partial charge is 0.258 e. The number of amides is 1. The molecule has 1 atom stereocenters. The van der Waals surface area contributed by atoms with Gasteiger partial charge in [-0.25, -0.2) is 0 Å². The lowest BCUT2D eigenvalue weighted by Gasteiger charge is -2.17. The number of benzene rings is 3. The third-order valence-corrected chi connectivity index (χ3v) is 4.79. The van der Waals surface area contributed by atoms with Gasteiger partial charge in [0.05, 0.1) is 6.26 Å². The summed E-state index contributed by atoms with van der Waals surface area (Å²) in [4.78, 5) is 25.0. The van der Waals surface area contributed by atoms with Crippen LogP contribution < -0.4 is 10.1 Å². The molecule has 0 fully saturated rings. The number of nitrogens with one attached hydrogen (secondary N) is 1. The largest absolute Gasteiger partial charge is 0.484 e. The second kappa shape index (κ2) is 9.59. The van der Waals surface area contributed by atoms with E-state index < -0.39 is 6.04 Å². The van der Waals surface area contributed by atoms with Crippen molar-refractivity contribution in [2.24, 2.45) is 0 Å². The normalized spacial score (nSPS) is 11.5. The molecule has 31 heavy (non-hydrogen) atoms. The van der Waals surface area contributed by atoms with Gasteiger partial charge < -0.3 is 14.5 Å². The molecule has 4 rings (SSSR count). The SMILES string of the molecule is O=C(COc1ccc(C(=O)c2ccccc2)cc1)N[C@@H](c1ccccc1)c1ccco1. The van der Waals surface area contributed by atoms with Crippen LogP contribution >= 0.6 is 0 Å². The molecule has 0 aliphatic rings. The fourth-order valence-electron chi connectivity index (χ4n) is 3.23. The van der Waals surface area contributed by atoms with Crippen LogP contribution in [-0.4, -0.2) is 18.3 Å². The summed E-state index contributed by atoms with van der Waals surface area (Å²) in [6, 6.07) is 28.6. The molecule has 0 saturated carbocycles. The first-order valence-corrected chi connectivity index (χ1v) is 9.91. The number of ketones is 1. The Morgan fingerprint density at radius 3 is 2.06 bits per heavy atom. The minimum Gasteiger partial charge on any atom is -0.484 e. The Hall–Kier alpha value is -4.12. The van der Waals surface area contributed by atoms with Crippen molar-refractivity contribution in [3.8, 4) is 5.75 Å². The van der Waals surface area contributed by atoms with Crippen molar-refractivity contribution < 1.29 is 18.7 Å². The van der Waals surface area contributed by atoms with Crippen LogP contribution in [0, 0.1) is 0 Å². The van der Waals surface area contributed by atoms with E-state index in [0.717, 1.165) is 5.56 Å². The molecule has 0 saturated heterocycles. The molecule has 0 radical (unpaired) electrons. The van der Waals surface area contributed by atoms with Crippen molar-refractivity contribution in [1.29, 1.82) is 0 Å². The minimum absolute atomic E-state index is 0.0611. The van der Waals surface area contributed by atoms with E-state index in [4.69, 9.17) is 9.15 Å². The number of rotatable bonds is 8. The summed E-state index contributed by atoms with van der Waals surface area (Å²) in [6.45, 7) is -0.157. The highest BCUT2D eigenvalue weighted by atomic mass is 16.5. The van der Waals surface area contributed by atoms with Gasteiger partial charge in [-0.15, -0.1) is 0 Å². The summed E-state index contributed by atoms with van der Waals surface area (Å²) in [7, 11) is 0. The summed E-state index contributed by atoms with van der Waals surface area (Å²) >= 11 is 0. The summed E-state index contributed by atoms with van der Waals surface area (Å²) in [6.07, 6.45) is 1.58. The standard InChI is InChI=1S/C26H21NO4/c28-24(27-25(23-12-7-17-30-23)19-8-3-1-4-9-19)18-31-22-15-13-21(14-16-22)26(29)20-10-5-2-6-11-20/h1-17,25H,18H2,(H,27,28)/t25-/m0/s1.